The maximum Gasteiger partial charge on any atom is 0.326 e. The Kier molecular flexibility index (Phi) is 4.35. The predicted molar refractivity (Wildman–Crippen MR) is 100 cm³/mol. The number of nitrogens with zero attached hydrogens (tertiary/aromatic N) is 3. The number of amides is 2. The number of hydrogen-bond donors (Lipinski definition) is 1. The van der Waals surface area contributed by atoms with E-state index in [1.165, 1.54) is 0 Å². The molecule has 0 spiro atoms. The van der Waals surface area contributed by atoms with E-state index in [0.717, 1.165) is 11.5 Å². The van der Waals surface area contributed by atoms with Crippen molar-refractivity contribution in [1.29, 1.82) is 0 Å². The van der Waals surface area contributed by atoms with Gasteiger partial charge in [-0.05, 0) is 24.3 Å². The molecular weight excluding hydrogens is 332 g/mol. The van der Waals surface area contributed by atoms with Crippen LogP contribution in [0.5, 0.6) is 11.5 Å². The van der Waals surface area contributed by atoms with Gasteiger partial charge in [0.05, 0.1) is 5.69 Å². The van der Waals surface area contributed by atoms with Gasteiger partial charge in [0.1, 0.15) is 13.2 Å². The highest BCUT2D eigenvalue weighted by Crippen LogP contribution is 2.34. The minimum Gasteiger partial charge on any atom is -0.486 e. The van der Waals surface area contributed by atoms with E-state index in [4.69, 9.17) is 9.47 Å². The Bertz CT molecular complexity index is 839. The van der Waals surface area contributed by atoms with Gasteiger partial charge in [0.2, 0.25) is 0 Å². The molecule has 4 rings (SSSR count). The summed E-state index contributed by atoms with van der Waals surface area (Å²) in [6.45, 7) is 6.80. The lowest BCUT2D eigenvalue weighted by Crippen LogP contribution is -2.46. The first-order valence-corrected chi connectivity index (χ1v) is 8.55. The molecule has 2 amide bonds. The zero-order valence-corrected chi connectivity index (χ0v) is 14.4. The molecule has 1 aromatic carbocycles. The largest absolute Gasteiger partial charge is 0.486 e. The van der Waals surface area contributed by atoms with Gasteiger partial charge < -0.3 is 19.7 Å². The van der Waals surface area contributed by atoms with Crippen molar-refractivity contribution in [1.82, 2.24) is 4.98 Å². The monoisotopic (exact) mass is 352 g/mol. The molecule has 2 aliphatic rings. The first kappa shape index (κ1) is 16.3. The average molecular weight is 352 g/mol. The number of fused-ring (bicyclic) bond motifs is 2. The van der Waals surface area contributed by atoms with Crippen molar-refractivity contribution in [2.24, 2.45) is 0 Å². The van der Waals surface area contributed by atoms with Crippen LogP contribution in [0.4, 0.5) is 22.0 Å². The Balaban J connectivity index is 1.55. The van der Waals surface area contributed by atoms with Crippen LogP contribution in [0.2, 0.25) is 0 Å². The highest BCUT2D eigenvalue weighted by molar-refractivity contribution is 6.04. The molecule has 7 heteroatoms. The molecule has 3 heterocycles. The molecule has 26 heavy (non-hydrogen) atoms. The number of carbonyl (C=O) groups excluding carboxylic acids is 1. The lowest BCUT2D eigenvalue weighted by Gasteiger charge is -2.36. The fourth-order valence-electron chi connectivity index (χ4n) is 3.15. The van der Waals surface area contributed by atoms with Crippen molar-refractivity contribution in [3.05, 3.63) is 49.2 Å². The summed E-state index contributed by atoms with van der Waals surface area (Å²) in [7, 11) is 0. The molecule has 0 atom stereocenters. The Morgan fingerprint density at radius 3 is 2.92 bits per heavy atom. The first-order valence-electron chi connectivity index (χ1n) is 8.55. The summed E-state index contributed by atoms with van der Waals surface area (Å²) in [5.74, 6) is 2.13. The second-order valence-corrected chi connectivity index (χ2v) is 6.02. The molecular formula is C19H20N4O3. The van der Waals surface area contributed by atoms with Crippen molar-refractivity contribution in [2.75, 3.05) is 48.0 Å². The number of hydrogen-bond acceptors (Lipinski definition) is 5. The van der Waals surface area contributed by atoms with Crippen LogP contribution in [-0.4, -0.2) is 43.9 Å². The van der Waals surface area contributed by atoms with Crippen molar-refractivity contribution in [3.8, 4) is 11.5 Å². The van der Waals surface area contributed by atoms with Crippen LogP contribution >= 0.6 is 0 Å². The summed E-state index contributed by atoms with van der Waals surface area (Å²) >= 11 is 0. The lowest BCUT2D eigenvalue weighted by atomic mass is 10.2. The quantitative estimate of drug-likeness (QED) is 0.861. The molecule has 0 saturated carbocycles. The van der Waals surface area contributed by atoms with Crippen LogP contribution in [0.3, 0.4) is 0 Å². The van der Waals surface area contributed by atoms with E-state index in [9.17, 15) is 4.79 Å². The Labute approximate surface area is 151 Å². The molecule has 0 bridgehead atoms. The minimum absolute atomic E-state index is 0.200. The SMILES string of the molecule is C=CCN1CCN(C(=O)Nc2ccc3c(c2)OCCO3)c2cccnc21. The number of ether oxygens (including phenoxy) is 2. The summed E-state index contributed by atoms with van der Waals surface area (Å²) in [5.41, 5.74) is 1.45. The molecule has 2 aliphatic heterocycles. The van der Waals surface area contributed by atoms with Crippen molar-refractivity contribution >= 4 is 23.2 Å². The van der Waals surface area contributed by atoms with E-state index < -0.39 is 0 Å². The van der Waals surface area contributed by atoms with Crippen LogP contribution < -0.4 is 24.6 Å². The van der Waals surface area contributed by atoms with Crippen molar-refractivity contribution in [2.45, 2.75) is 0 Å². The van der Waals surface area contributed by atoms with Gasteiger partial charge in [-0.3, -0.25) is 4.90 Å². The lowest BCUT2D eigenvalue weighted by molar-refractivity contribution is 0.171. The second-order valence-electron chi connectivity index (χ2n) is 6.02. The van der Waals surface area contributed by atoms with Gasteiger partial charge in [0.25, 0.3) is 0 Å². The van der Waals surface area contributed by atoms with Gasteiger partial charge in [-0.1, -0.05) is 6.08 Å². The van der Waals surface area contributed by atoms with Gasteiger partial charge >= 0.3 is 6.03 Å². The summed E-state index contributed by atoms with van der Waals surface area (Å²) < 4.78 is 11.1. The molecule has 0 aliphatic carbocycles. The number of pyridine rings is 1. The summed E-state index contributed by atoms with van der Waals surface area (Å²) in [6.07, 6.45) is 3.57. The van der Waals surface area contributed by atoms with Gasteiger partial charge in [0, 0.05) is 37.6 Å². The van der Waals surface area contributed by atoms with Crippen LogP contribution in [0, 0.1) is 0 Å². The molecule has 0 unspecified atom stereocenters. The number of rotatable bonds is 3. The fraction of sp³-hybridized carbons (Fsp3) is 0.263. The van der Waals surface area contributed by atoms with Crippen molar-refractivity contribution < 1.29 is 14.3 Å². The maximum atomic E-state index is 12.8. The summed E-state index contributed by atoms with van der Waals surface area (Å²) in [6, 6.07) is 8.94. The average Bonchev–Trinajstić information content (AvgIpc) is 2.68. The van der Waals surface area contributed by atoms with Crippen LogP contribution in [-0.2, 0) is 0 Å². The molecule has 1 aromatic heterocycles. The summed E-state index contributed by atoms with van der Waals surface area (Å²) in [5, 5.41) is 2.93. The first-order chi connectivity index (χ1) is 12.8. The second kappa shape index (κ2) is 6.95. The number of anilines is 3. The highest BCUT2D eigenvalue weighted by atomic mass is 16.6. The molecule has 0 fully saturated rings. The zero-order chi connectivity index (χ0) is 17.9. The molecule has 2 aromatic rings. The van der Waals surface area contributed by atoms with Gasteiger partial charge in [-0.15, -0.1) is 6.58 Å². The maximum absolute atomic E-state index is 12.8. The van der Waals surface area contributed by atoms with Gasteiger partial charge in [-0.25, -0.2) is 9.78 Å². The van der Waals surface area contributed by atoms with Gasteiger partial charge in [-0.2, -0.15) is 0 Å². The Hall–Kier alpha value is -3.22. The number of benzene rings is 1. The fourth-order valence-corrected chi connectivity index (χ4v) is 3.15. The summed E-state index contributed by atoms with van der Waals surface area (Å²) in [4.78, 5) is 21.1. The van der Waals surface area contributed by atoms with E-state index in [1.54, 1.807) is 17.2 Å². The number of urea groups is 1. The van der Waals surface area contributed by atoms with Gasteiger partial charge in [0.15, 0.2) is 17.3 Å². The van der Waals surface area contributed by atoms with E-state index in [1.807, 2.05) is 30.3 Å². The van der Waals surface area contributed by atoms with E-state index >= 15 is 0 Å². The topological polar surface area (TPSA) is 66.9 Å². The van der Waals surface area contributed by atoms with Crippen LogP contribution in [0.1, 0.15) is 0 Å². The third kappa shape index (κ3) is 3.03. The van der Waals surface area contributed by atoms with E-state index in [-0.39, 0.29) is 6.03 Å². The Morgan fingerprint density at radius 1 is 1.23 bits per heavy atom. The third-order valence-corrected chi connectivity index (χ3v) is 4.34. The number of nitrogens with one attached hydrogen (secondary N) is 1. The highest BCUT2D eigenvalue weighted by Gasteiger charge is 2.27. The normalized spacial score (nSPS) is 15.2. The molecule has 0 saturated heterocycles. The van der Waals surface area contributed by atoms with Crippen LogP contribution in [0.15, 0.2) is 49.2 Å². The van der Waals surface area contributed by atoms with Crippen LogP contribution in [0.25, 0.3) is 0 Å². The smallest absolute Gasteiger partial charge is 0.326 e. The standard InChI is InChI=1S/C19H20N4O3/c1-2-8-22-9-10-23(15-4-3-7-20-18(15)22)19(24)21-14-5-6-16-17(13-14)26-12-11-25-16/h2-7,13H,1,8-12H2,(H,21,24). The third-order valence-electron chi connectivity index (χ3n) is 4.34. The number of aromatic nitrogens is 1. The number of carbonyl (C=O) groups is 1. The predicted octanol–water partition coefficient (Wildman–Crippen LogP) is 2.90. The molecule has 0 radical (unpaired) electrons. The Morgan fingerprint density at radius 2 is 2.08 bits per heavy atom. The van der Waals surface area contributed by atoms with E-state index in [2.05, 4.69) is 21.8 Å². The van der Waals surface area contributed by atoms with E-state index in [0.29, 0.717) is 50.0 Å². The molecule has 1 N–H and O–H groups in total. The minimum atomic E-state index is -0.200. The molecule has 134 valence electrons. The van der Waals surface area contributed by atoms with Crippen molar-refractivity contribution in [3.63, 3.8) is 0 Å². The molecule has 7 nitrogen and oxygen atoms in total. The zero-order valence-electron chi connectivity index (χ0n) is 14.4.